The number of hydrogen-bond donors (Lipinski definition) is 1. The van der Waals surface area contributed by atoms with E-state index in [9.17, 15) is 9.59 Å². The average molecular weight is 450 g/mol. The number of rotatable bonds is 3. The maximum absolute atomic E-state index is 11.8. The van der Waals surface area contributed by atoms with Gasteiger partial charge >= 0.3 is 0 Å². The first-order chi connectivity index (χ1) is 16.0. The van der Waals surface area contributed by atoms with Gasteiger partial charge in [0.25, 0.3) is 0 Å². The summed E-state index contributed by atoms with van der Waals surface area (Å²) in [6.07, 6.45) is 1.73. The number of nitrogens with one attached hydrogen (secondary N) is 1. The van der Waals surface area contributed by atoms with Crippen molar-refractivity contribution in [3.8, 4) is 11.5 Å². The van der Waals surface area contributed by atoms with E-state index in [4.69, 9.17) is 15.0 Å². The maximum Gasteiger partial charge on any atom is 0.229 e. The Morgan fingerprint density at radius 3 is 2.03 bits per heavy atom. The van der Waals surface area contributed by atoms with Crippen LogP contribution < -0.4 is 9.80 Å². The van der Waals surface area contributed by atoms with Crippen molar-refractivity contribution in [1.82, 2.24) is 34.7 Å². The van der Waals surface area contributed by atoms with E-state index in [2.05, 4.69) is 19.8 Å². The lowest BCUT2D eigenvalue weighted by molar-refractivity contribution is -0.129. The minimum atomic E-state index is 0.0855. The van der Waals surface area contributed by atoms with Gasteiger partial charge in [0.1, 0.15) is 11.2 Å². The molecule has 0 unspecified atom stereocenters. The second kappa shape index (κ2) is 8.64. The van der Waals surface area contributed by atoms with Crippen LogP contribution in [0.5, 0.6) is 0 Å². The van der Waals surface area contributed by atoms with E-state index in [1.807, 2.05) is 28.0 Å². The Morgan fingerprint density at radius 2 is 1.45 bits per heavy atom. The number of imidazole rings is 1. The van der Waals surface area contributed by atoms with E-state index in [0.29, 0.717) is 69.8 Å². The molecule has 172 valence electrons. The number of anilines is 2. The van der Waals surface area contributed by atoms with Crippen molar-refractivity contribution in [3.63, 3.8) is 0 Å². The summed E-state index contributed by atoms with van der Waals surface area (Å²) < 4.78 is 0. The summed E-state index contributed by atoms with van der Waals surface area (Å²) >= 11 is 0. The molecule has 5 heterocycles. The highest BCUT2D eigenvalue weighted by Crippen LogP contribution is 2.28. The number of H-pyrrole nitrogens is 1. The summed E-state index contributed by atoms with van der Waals surface area (Å²) in [7, 11) is 0. The number of carbonyl (C=O) groups excluding carboxylic acids is 2. The predicted molar refractivity (Wildman–Crippen MR) is 124 cm³/mol. The van der Waals surface area contributed by atoms with Gasteiger partial charge in [0, 0.05) is 72.4 Å². The van der Waals surface area contributed by atoms with E-state index < -0.39 is 0 Å². The number of aromatic amines is 1. The molecule has 2 aliphatic rings. The summed E-state index contributed by atoms with van der Waals surface area (Å²) in [5.74, 6) is 2.20. The largest absolute Gasteiger partial charge is 0.351 e. The molecule has 2 saturated heterocycles. The van der Waals surface area contributed by atoms with Crippen LogP contribution in [-0.2, 0) is 9.59 Å². The van der Waals surface area contributed by atoms with Crippen LogP contribution in [0.3, 0.4) is 0 Å². The summed E-state index contributed by atoms with van der Waals surface area (Å²) in [5, 5.41) is 0. The van der Waals surface area contributed by atoms with Crippen molar-refractivity contribution < 1.29 is 9.59 Å². The highest BCUT2D eigenvalue weighted by atomic mass is 16.2. The first-order valence-electron chi connectivity index (χ1n) is 11.2. The molecule has 0 atom stereocenters. The van der Waals surface area contributed by atoms with Crippen molar-refractivity contribution >= 4 is 34.7 Å². The van der Waals surface area contributed by atoms with Crippen LogP contribution in [0.25, 0.3) is 22.7 Å². The van der Waals surface area contributed by atoms with E-state index >= 15 is 0 Å². The average Bonchev–Trinajstić information content (AvgIpc) is 3.28. The van der Waals surface area contributed by atoms with Gasteiger partial charge in [0.15, 0.2) is 17.3 Å². The van der Waals surface area contributed by atoms with Crippen LogP contribution in [0.4, 0.5) is 11.8 Å². The topological polar surface area (TPSA) is 114 Å². The van der Waals surface area contributed by atoms with E-state index in [0.717, 1.165) is 17.0 Å². The van der Waals surface area contributed by atoms with Gasteiger partial charge in [0.05, 0.1) is 0 Å². The van der Waals surface area contributed by atoms with Crippen LogP contribution >= 0.6 is 0 Å². The van der Waals surface area contributed by atoms with Gasteiger partial charge in [-0.15, -0.1) is 0 Å². The zero-order valence-electron chi connectivity index (χ0n) is 18.9. The molecule has 11 heteroatoms. The number of pyridine rings is 1. The van der Waals surface area contributed by atoms with Gasteiger partial charge in [-0.05, 0) is 12.1 Å². The molecule has 33 heavy (non-hydrogen) atoms. The molecule has 5 rings (SSSR count). The molecule has 0 spiro atoms. The van der Waals surface area contributed by atoms with Crippen LogP contribution in [-0.4, -0.2) is 98.9 Å². The molecule has 11 nitrogen and oxygen atoms in total. The predicted octanol–water partition coefficient (Wildman–Crippen LogP) is 0.752. The minimum Gasteiger partial charge on any atom is -0.351 e. The molecule has 2 amide bonds. The summed E-state index contributed by atoms with van der Waals surface area (Å²) in [4.78, 5) is 53.7. The Morgan fingerprint density at radius 1 is 0.818 bits per heavy atom. The lowest BCUT2D eigenvalue weighted by Crippen LogP contribution is -2.49. The third kappa shape index (κ3) is 4.18. The van der Waals surface area contributed by atoms with Crippen LogP contribution in [0, 0.1) is 0 Å². The minimum absolute atomic E-state index is 0.0855. The Kier molecular flexibility index (Phi) is 5.53. The van der Waals surface area contributed by atoms with Crippen molar-refractivity contribution in [2.24, 2.45) is 0 Å². The number of hydrogen-bond acceptors (Lipinski definition) is 8. The fourth-order valence-electron chi connectivity index (χ4n) is 4.32. The standard InChI is InChI=1S/C22H27N9O2/c1-15(32)28-7-11-30(12-8-28)21-18-20(25-19(24-18)17-5-3-4-6-23-17)26-22(27-21)31-13-9-29(10-14-31)16(2)33/h3-6H,7-14H2,1-2H3,(H,24,25,26,27). The molecule has 0 saturated carbocycles. The number of carbonyl (C=O) groups is 2. The molecular weight excluding hydrogens is 422 g/mol. The summed E-state index contributed by atoms with van der Waals surface area (Å²) in [5.41, 5.74) is 2.08. The smallest absolute Gasteiger partial charge is 0.229 e. The van der Waals surface area contributed by atoms with Gasteiger partial charge in [-0.3, -0.25) is 14.6 Å². The fraction of sp³-hybridized carbons (Fsp3) is 0.455. The molecule has 3 aromatic rings. The summed E-state index contributed by atoms with van der Waals surface area (Å²) in [6, 6.07) is 5.69. The van der Waals surface area contributed by atoms with Gasteiger partial charge in [-0.1, -0.05) is 6.07 Å². The van der Waals surface area contributed by atoms with E-state index in [1.165, 1.54) is 0 Å². The second-order valence-corrected chi connectivity index (χ2v) is 8.33. The van der Waals surface area contributed by atoms with Crippen molar-refractivity contribution in [1.29, 1.82) is 0 Å². The Bertz CT molecular complexity index is 1160. The van der Waals surface area contributed by atoms with E-state index in [-0.39, 0.29) is 11.8 Å². The quantitative estimate of drug-likeness (QED) is 0.623. The normalized spacial score (nSPS) is 17.0. The third-order valence-corrected chi connectivity index (χ3v) is 6.26. The highest BCUT2D eigenvalue weighted by Gasteiger charge is 2.27. The molecule has 3 aromatic heterocycles. The summed E-state index contributed by atoms with van der Waals surface area (Å²) in [6.45, 7) is 8.48. The van der Waals surface area contributed by atoms with Crippen LogP contribution in [0.1, 0.15) is 13.8 Å². The van der Waals surface area contributed by atoms with Gasteiger partial charge in [-0.25, -0.2) is 4.98 Å². The first kappa shape index (κ1) is 21.1. The molecule has 1 N–H and O–H groups in total. The van der Waals surface area contributed by atoms with Crippen LogP contribution in [0.2, 0.25) is 0 Å². The zero-order chi connectivity index (χ0) is 22.9. The molecular formula is C22H27N9O2. The van der Waals surface area contributed by atoms with E-state index in [1.54, 1.807) is 20.0 Å². The Balaban J connectivity index is 1.51. The Hall–Kier alpha value is -3.76. The monoisotopic (exact) mass is 449 g/mol. The molecule has 2 aliphatic heterocycles. The first-order valence-corrected chi connectivity index (χ1v) is 11.2. The molecule has 0 aliphatic carbocycles. The third-order valence-electron chi connectivity index (χ3n) is 6.26. The van der Waals surface area contributed by atoms with Crippen molar-refractivity contribution in [3.05, 3.63) is 24.4 Å². The second-order valence-electron chi connectivity index (χ2n) is 8.33. The van der Waals surface area contributed by atoms with Crippen LogP contribution in [0.15, 0.2) is 24.4 Å². The number of fused-ring (bicyclic) bond motifs is 1. The molecule has 0 radical (unpaired) electrons. The number of piperazine rings is 2. The molecule has 0 aromatic carbocycles. The van der Waals surface area contributed by atoms with Gasteiger partial charge < -0.3 is 24.6 Å². The number of amides is 2. The van der Waals surface area contributed by atoms with Gasteiger partial charge in [0.2, 0.25) is 17.8 Å². The number of nitrogens with zero attached hydrogens (tertiary/aromatic N) is 8. The highest BCUT2D eigenvalue weighted by molar-refractivity contribution is 5.87. The van der Waals surface area contributed by atoms with Crippen molar-refractivity contribution in [2.75, 3.05) is 62.2 Å². The SMILES string of the molecule is CC(=O)N1CCN(c2nc(N3CCN(C(C)=O)CC3)c3[nH]c(-c4ccccn4)nc3n2)CC1. The number of aromatic nitrogens is 5. The molecule has 2 fully saturated rings. The Labute approximate surface area is 191 Å². The van der Waals surface area contributed by atoms with Crippen molar-refractivity contribution in [2.45, 2.75) is 13.8 Å². The fourth-order valence-corrected chi connectivity index (χ4v) is 4.32. The van der Waals surface area contributed by atoms with Gasteiger partial charge in [-0.2, -0.15) is 9.97 Å². The lowest BCUT2D eigenvalue weighted by atomic mass is 10.3. The zero-order valence-corrected chi connectivity index (χ0v) is 18.9. The molecule has 0 bridgehead atoms. The lowest BCUT2D eigenvalue weighted by Gasteiger charge is -2.36. The maximum atomic E-state index is 11.8.